The Hall–Kier alpha value is -1.70. The number of halogens is 3. The van der Waals surface area contributed by atoms with Crippen LogP contribution in [0.15, 0.2) is 12.1 Å². The molecule has 1 unspecified atom stereocenters. The maximum atomic E-state index is 13.6. The largest absolute Gasteiger partial charge is 0.472 e. The lowest BCUT2D eigenvalue weighted by Crippen LogP contribution is -2.49. The topological polar surface area (TPSA) is 37.8 Å². The van der Waals surface area contributed by atoms with Crippen molar-refractivity contribution in [1.82, 2.24) is 4.98 Å². The third-order valence-corrected chi connectivity index (χ3v) is 5.06. The smallest absolute Gasteiger partial charge is 0.408 e. The minimum atomic E-state index is -4.28. The SMILES string of the molecule is C[C@@H]1COCCN1c1cc(OC(C)(C)C)nc(N2CCCCC2C(F)(F)F)c1. The zero-order valence-corrected chi connectivity index (χ0v) is 17.1. The van der Waals surface area contributed by atoms with Gasteiger partial charge in [0.25, 0.3) is 0 Å². The molecule has 0 N–H and O–H groups in total. The van der Waals surface area contributed by atoms with Crippen molar-refractivity contribution < 1.29 is 22.6 Å². The number of morpholine rings is 1. The second-order valence-electron chi connectivity index (χ2n) is 8.60. The number of nitrogens with zero attached hydrogens (tertiary/aromatic N) is 3. The van der Waals surface area contributed by atoms with E-state index in [0.717, 1.165) is 12.1 Å². The predicted octanol–water partition coefficient (Wildman–Crippen LogP) is 4.41. The van der Waals surface area contributed by atoms with Crippen LogP contribution >= 0.6 is 0 Å². The average molecular weight is 401 g/mol. The Morgan fingerprint density at radius 2 is 1.86 bits per heavy atom. The molecule has 0 saturated carbocycles. The summed E-state index contributed by atoms with van der Waals surface area (Å²) < 4.78 is 52.4. The molecule has 3 heterocycles. The van der Waals surface area contributed by atoms with Gasteiger partial charge in [-0.05, 0) is 47.0 Å². The molecule has 0 aliphatic carbocycles. The lowest BCUT2D eigenvalue weighted by Gasteiger charge is -2.39. The Morgan fingerprint density at radius 1 is 1.11 bits per heavy atom. The highest BCUT2D eigenvalue weighted by molar-refractivity contribution is 5.59. The van der Waals surface area contributed by atoms with Gasteiger partial charge < -0.3 is 19.3 Å². The molecule has 0 amide bonds. The van der Waals surface area contributed by atoms with Crippen molar-refractivity contribution in [3.63, 3.8) is 0 Å². The Balaban J connectivity index is 2.01. The summed E-state index contributed by atoms with van der Waals surface area (Å²) >= 11 is 0. The molecule has 2 aliphatic heterocycles. The average Bonchev–Trinajstić information content (AvgIpc) is 2.59. The zero-order valence-electron chi connectivity index (χ0n) is 17.1. The molecule has 2 saturated heterocycles. The van der Waals surface area contributed by atoms with Gasteiger partial charge in [-0.1, -0.05) is 0 Å². The van der Waals surface area contributed by atoms with Crippen LogP contribution < -0.4 is 14.5 Å². The first-order valence-electron chi connectivity index (χ1n) is 9.93. The number of hydrogen-bond acceptors (Lipinski definition) is 5. The number of rotatable bonds is 3. The van der Waals surface area contributed by atoms with Gasteiger partial charge in [0, 0.05) is 37.0 Å². The van der Waals surface area contributed by atoms with Crippen molar-refractivity contribution in [2.75, 3.05) is 36.1 Å². The Kier molecular flexibility index (Phi) is 5.98. The van der Waals surface area contributed by atoms with Gasteiger partial charge in [0.2, 0.25) is 5.88 Å². The van der Waals surface area contributed by atoms with Crippen LogP contribution in [-0.4, -0.2) is 55.1 Å². The van der Waals surface area contributed by atoms with Crippen LogP contribution in [-0.2, 0) is 4.74 Å². The van der Waals surface area contributed by atoms with Gasteiger partial charge in [0.1, 0.15) is 17.5 Å². The summed E-state index contributed by atoms with van der Waals surface area (Å²) in [6.07, 6.45) is -2.89. The van der Waals surface area contributed by atoms with Crippen LogP contribution in [0, 0.1) is 0 Å². The standard InChI is InChI=1S/C20H30F3N3O2/c1-14-13-27-10-9-25(14)15-11-17(24-18(12-15)28-19(2,3)4)26-8-6-5-7-16(26)20(21,22)23/h11-12,14,16H,5-10,13H2,1-4H3/t14-,16?/m1/s1. The van der Waals surface area contributed by atoms with Crippen molar-refractivity contribution >= 4 is 11.5 Å². The number of anilines is 2. The molecule has 5 nitrogen and oxygen atoms in total. The highest BCUT2D eigenvalue weighted by Crippen LogP contribution is 2.37. The number of pyridine rings is 1. The maximum Gasteiger partial charge on any atom is 0.408 e. The molecule has 1 aromatic heterocycles. The molecule has 1 aromatic rings. The van der Waals surface area contributed by atoms with E-state index in [-0.39, 0.29) is 12.5 Å². The van der Waals surface area contributed by atoms with Crippen molar-refractivity contribution in [2.45, 2.75) is 70.8 Å². The highest BCUT2D eigenvalue weighted by atomic mass is 19.4. The van der Waals surface area contributed by atoms with Crippen LogP contribution in [0.4, 0.5) is 24.7 Å². The minimum Gasteiger partial charge on any atom is -0.472 e. The molecule has 2 atom stereocenters. The summed E-state index contributed by atoms with van der Waals surface area (Å²) in [6, 6.07) is 2.21. The van der Waals surface area contributed by atoms with E-state index in [4.69, 9.17) is 9.47 Å². The fourth-order valence-electron chi connectivity index (χ4n) is 3.81. The molecule has 3 rings (SSSR count). The number of ether oxygens (including phenoxy) is 2. The molecule has 0 spiro atoms. The summed E-state index contributed by atoms with van der Waals surface area (Å²) in [5.74, 6) is 0.683. The van der Waals surface area contributed by atoms with E-state index in [9.17, 15) is 13.2 Å². The van der Waals surface area contributed by atoms with Gasteiger partial charge >= 0.3 is 6.18 Å². The van der Waals surface area contributed by atoms with E-state index in [1.165, 1.54) is 4.90 Å². The van der Waals surface area contributed by atoms with Crippen LogP contribution in [0.5, 0.6) is 5.88 Å². The highest BCUT2D eigenvalue weighted by Gasteiger charge is 2.45. The second-order valence-corrected chi connectivity index (χ2v) is 8.60. The minimum absolute atomic E-state index is 0.0961. The first kappa shape index (κ1) is 21.0. The summed E-state index contributed by atoms with van der Waals surface area (Å²) in [4.78, 5) is 8.02. The summed E-state index contributed by atoms with van der Waals surface area (Å²) in [6.45, 7) is 9.95. The van der Waals surface area contributed by atoms with Crippen molar-refractivity contribution in [3.05, 3.63) is 12.1 Å². The van der Waals surface area contributed by atoms with E-state index in [1.54, 1.807) is 6.07 Å². The van der Waals surface area contributed by atoms with Crippen LogP contribution in [0.3, 0.4) is 0 Å². The number of aromatic nitrogens is 1. The first-order chi connectivity index (χ1) is 13.0. The summed E-state index contributed by atoms with van der Waals surface area (Å²) in [5.41, 5.74) is 0.330. The molecular formula is C20H30F3N3O2. The molecule has 2 fully saturated rings. The van der Waals surface area contributed by atoms with Gasteiger partial charge in [-0.2, -0.15) is 18.2 Å². The van der Waals surface area contributed by atoms with Gasteiger partial charge in [0.05, 0.1) is 13.2 Å². The van der Waals surface area contributed by atoms with Crippen LogP contribution in [0.2, 0.25) is 0 Å². The first-order valence-corrected chi connectivity index (χ1v) is 9.93. The predicted molar refractivity (Wildman–Crippen MR) is 103 cm³/mol. The third-order valence-electron chi connectivity index (χ3n) is 5.06. The maximum absolute atomic E-state index is 13.6. The van der Waals surface area contributed by atoms with E-state index in [2.05, 4.69) is 9.88 Å². The Labute approximate surface area is 164 Å². The fraction of sp³-hybridized carbons (Fsp3) is 0.750. The molecule has 158 valence electrons. The third kappa shape index (κ3) is 5.01. The van der Waals surface area contributed by atoms with Gasteiger partial charge in [-0.25, -0.2) is 0 Å². The quantitative estimate of drug-likeness (QED) is 0.750. The summed E-state index contributed by atoms with van der Waals surface area (Å²) in [7, 11) is 0. The van der Waals surface area contributed by atoms with Crippen LogP contribution in [0.1, 0.15) is 47.0 Å². The Bertz CT molecular complexity index is 676. The molecule has 0 bridgehead atoms. The van der Waals surface area contributed by atoms with Crippen molar-refractivity contribution in [1.29, 1.82) is 0 Å². The molecule has 0 radical (unpaired) electrons. The Morgan fingerprint density at radius 3 is 2.50 bits per heavy atom. The second kappa shape index (κ2) is 7.97. The molecule has 8 heteroatoms. The van der Waals surface area contributed by atoms with Crippen LogP contribution in [0.25, 0.3) is 0 Å². The number of alkyl halides is 3. The normalized spacial score (nSPS) is 24.4. The van der Waals surface area contributed by atoms with Gasteiger partial charge in [0.15, 0.2) is 0 Å². The number of hydrogen-bond donors (Lipinski definition) is 0. The van der Waals surface area contributed by atoms with Gasteiger partial charge in [-0.3, -0.25) is 0 Å². The fourth-order valence-corrected chi connectivity index (χ4v) is 3.81. The van der Waals surface area contributed by atoms with E-state index < -0.39 is 17.8 Å². The van der Waals surface area contributed by atoms with Gasteiger partial charge in [-0.15, -0.1) is 0 Å². The monoisotopic (exact) mass is 401 g/mol. The zero-order chi connectivity index (χ0) is 20.5. The van der Waals surface area contributed by atoms with E-state index in [0.29, 0.717) is 44.4 Å². The lowest BCUT2D eigenvalue weighted by atomic mass is 10.0. The molecule has 28 heavy (non-hydrogen) atoms. The molecule has 0 aromatic carbocycles. The summed E-state index contributed by atoms with van der Waals surface area (Å²) in [5, 5.41) is 0. The van der Waals surface area contributed by atoms with E-state index in [1.807, 2.05) is 33.8 Å². The van der Waals surface area contributed by atoms with Crippen molar-refractivity contribution in [2.24, 2.45) is 0 Å². The lowest BCUT2D eigenvalue weighted by molar-refractivity contribution is -0.152. The number of piperidine rings is 1. The van der Waals surface area contributed by atoms with Crippen molar-refractivity contribution in [3.8, 4) is 5.88 Å². The van der Waals surface area contributed by atoms with E-state index >= 15 is 0 Å². The molecular weight excluding hydrogens is 371 g/mol. The molecule has 2 aliphatic rings.